The lowest BCUT2D eigenvalue weighted by Gasteiger charge is -2.12. The highest BCUT2D eigenvalue weighted by atomic mass is 15.0. The highest BCUT2D eigenvalue weighted by Crippen LogP contribution is 2.46. The first-order valence-electron chi connectivity index (χ1n) is 40.6. The van der Waals surface area contributed by atoms with Gasteiger partial charge in [0.05, 0.1) is 33.1 Å². The fourth-order valence-corrected chi connectivity index (χ4v) is 19.4. The Morgan fingerprint density at radius 2 is 0.424 bits per heavy atom. The molecular formula is C112H72N6. The number of aromatic nitrogens is 6. The minimum atomic E-state index is 1.16. The van der Waals surface area contributed by atoms with E-state index in [0.29, 0.717) is 0 Å². The Kier molecular flexibility index (Phi) is 15.3. The molecule has 6 aromatic heterocycles. The largest absolute Gasteiger partial charge is 0.354 e. The Morgan fingerprint density at radius 3 is 0.831 bits per heavy atom. The SMILES string of the molecule is c1ccc(-c2ccc(-n3c4ccccc4c4ccc(-c5cc6[nH]c7ccccc7c6c6ccccc56)cc43)cc2)cc1.c1ccc(-n2c3ccccc3c3ccc(-c4cc5[nH]c6ccccc6c5c5ccccc45)cc32)cc1.c1ccc2cc(-n3c4ccccc4c4ccc(-c5cc6[nH]c7ccccc7c6c6ccccc56)cc43)ccc2c1. The van der Waals surface area contributed by atoms with Crippen LogP contribution in [-0.2, 0) is 0 Å². The van der Waals surface area contributed by atoms with Crippen LogP contribution in [0.2, 0.25) is 0 Å². The molecule has 0 aliphatic rings. The van der Waals surface area contributed by atoms with Gasteiger partial charge in [-0.05, 0) is 197 Å². The van der Waals surface area contributed by atoms with Crippen molar-refractivity contribution in [2.24, 2.45) is 0 Å². The second-order valence-electron chi connectivity index (χ2n) is 31.2. The van der Waals surface area contributed by atoms with Gasteiger partial charge >= 0.3 is 0 Å². The first-order chi connectivity index (χ1) is 58.5. The molecule has 550 valence electrons. The van der Waals surface area contributed by atoms with Gasteiger partial charge in [-0.25, -0.2) is 0 Å². The van der Waals surface area contributed by atoms with Gasteiger partial charge in [0, 0.05) is 115 Å². The lowest BCUT2D eigenvalue weighted by Crippen LogP contribution is -1.94. The molecule has 26 rings (SSSR count). The molecule has 6 heteroatoms. The summed E-state index contributed by atoms with van der Waals surface area (Å²) in [5.41, 5.74) is 27.7. The van der Waals surface area contributed by atoms with Crippen molar-refractivity contribution in [3.05, 3.63) is 419 Å². The fraction of sp³-hybridized carbons (Fsp3) is 0. The smallest absolute Gasteiger partial charge is 0.0547 e. The molecule has 0 aliphatic carbocycles. The Hall–Kier alpha value is -15.8. The van der Waals surface area contributed by atoms with E-state index in [4.69, 9.17) is 0 Å². The first kappa shape index (κ1) is 66.8. The third-order valence-electron chi connectivity index (χ3n) is 24.7. The van der Waals surface area contributed by atoms with Gasteiger partial charge in [-0.15, -0.1) is 0 Å². The molecule has 0 radical (unpaired) electrons. The van der Waals surface area contributed by atoms with Gasteiger partial charge < -0.3 is 28.7 Å². The van der Waals surface area contributed by atoms with E-state index in [-0.39, 0.29) is 0 Å². The molecule has 3 N–H and O–H groups in total. The molecule has 0 fully saturated rings. The number of fused-ring (bicyclic) bond motifs is 25. The maximum absolute atomic E-state index is 3.69. The summed E-state index contributed by atoms with van der Waals surface area (Å²) in [7, 11) is 0. The van der Waals surface area contributed by atoms with Crippen LogP contribution in [0.1, 0.15) is 0 Å². The summed E-state index contributed by atoms with van der Waals surface area (Å²) in [6.07, 6.45) is 0. The minimum Gasteiger partial charge on any atom is -0.354 e. The van der Waals surface area contributed by atoms with Gasteiger partial charge in [-0.3, -0.25) is 0 Å². The molecule has 0 saturated carbocycles. The summed E-state index contributed by atoms with van der Waals surface area (Å²) in [4.78, 5) is 11.0. The predicted octanol–water partition coefficient (Wildman–Crippen LogP) is 30.5. The molecule has 0 saturated heterocycles. The molecule has 0 unspecified atom stereocenters. The van der Waals surface area contributed by atoms with Gasteiger partial charge in [0.1, 0.15) is 0 Å². The molecule has 6 nitrogen and oxygen atoms in total. The van der Waals surface area contributed by atoms with Crippen molar-refractivity contribution in [3.63, 3.8) is 0 Å². The normalized spacial score (nSPS) is 11.9. The molecule has 0 spiro atoms. The van der Waals surface area contributed by atoms with Crippen LogP contribution in [-0.4, -0.2) is 28.7 Å². The van der Waals surface area contributed by atoms with Crippen molar-refractivity contribution < 1.29 is 0 Å². The van der Waals surface area contributed by atoms with Crippen LogP contribution < -0.4 is 0 Å². The summed E-state index contributed by atoms with van der Waals surface area (Å²) in [5.74, 6) is 0. The number of rotatable bonds is 7. The summed E-state index contributed by atoms with van der Waals surface area (Å²) >= 11 is 0. The molecule has 6 heterocycles. The third-order valence-corrected chi connectivity index (χ3v) is 24.7. The predicted molar refractivity (Wildman–Crippen MR) is 502 cm³/mol. The third kappa shape index (κ3) is 10.7. The van der Waals surface area contributed by atoms with Crippen molar-refractivity contribution in [1.29, 1.82) is 0 Å². The van der Waals surface area contributed by atoms with Crippen LogP contribution in [0.3, 0.4) is 0 Å². The van der Waals surface area contributed by atoms with E-state index < -0.39 is 0 Å². The number of para-hydroxylation sites is 7. The number of hydrogen-bond acceptors (Lipinski definition) is 0. The van der Waals surface area contributed by atoms with Gasteiger partial charge in [-0.2, -0.15) is 0 Å². The lowest BCUT2D eigenvalue weighted by atomic mass is 9.94. The van der Waals surface area contributed by atoms with Gasteiger partial charge in [0.2, 0.25) is 0 Å². The quantitative estimate of drug-likeness (QED) is 0.142. The summed E-state index contributed by atoms with van der Waals surface area (Å²) in [6.45, 7) is 0. The molecule has 0 bridgehead atoms. The Bertz CT molecular complexity index is 8560. The number of nitrogens with zero attached hydrogens (tertiary/aromatic N) is 3. The van der Waals surface area contributed by atoms with E-state index in [1.165, 1.54) is 230 Å². The second-order valence-corrected chi connectivity index (χ2v) is 31.2. The average Bonchev–Trinajstić information content (AvgIpc) is 1.57. The highest BCUT2D eigenvalue weighted by molar-refractivity contribution is 6.27. The van der Waals surface area contributed by atoms with Crippen molar-refractivity contribution in [1.82, 2.24) is 28.7 Å². The van der Waals surface area contributed by atoms with Crippen LogP contribution in [0.15, 0.2) is 419 Å². The van der Waals surface area contributed by atoms with Gasteiger partial charge in [0.25, 0.3) is 0 Å². The maximum Gasteiger partial charge on any atom is 0.0547 e. The zero-order valence-electron chi connectivity index (χ0n) is 64.2. The second kappa shape index (κ2) is 27.0. The molecular weight excluding hydrogens is 1430 g/mol. The Labute approximate surface area is 678 Å². The van der Waals surface area contributed by atoms with E-state index >= 15 is 0 Å². The number of aromatic amines is 3. The topological polar surface area (TPSA) is 62.2 Å². The van der Waals surface area contributed by atoms with Crippen LogP contribution in [0, 0.1) is 0 Å². The number of benzene rings is 20. The van der Waals surface area contributed by atoms with E-state index in [1.54, 1.807) is 0 Å². The van der Waals surface area contributed by atoms with Crippen LogP contribution in [0.5, 0.6) is 0 Å². The van der Waals surface area contributed by atoms with Crippen molar-refractivity contribution in [2.75, 3.05) is 0 Å². The van der Waals surface area contributed by atoms with Crippen LogP contribution in [0.25, 0.3) is 235 Å². The molecule has 0 atom stereocenters. The zero-order chi connectivity index (χ0) is 77.5. The maximum atomic E-state index is 3.69. The Morgan fingerprint density at radius 1 is 0.144 bits per heavy atom. The zero-order valence-corrected chi connectivity index (χ0v) is 64.2. The van der Waals surface area contributed by atoms with Crippen LogP contribution in [0.4, 0.5) is 0 Å². The van der Waals surface area contributed by atoms with E-state index in [0.717, 1.165) is 5.69 Å². The number of hydrogen-bond donors (Lipinski definition) is 3. The number of H-pyrrole nitrogens is 3. The lowest BCUT2D eigenvalue weighted by molar-refractivity contribution is 1.18. The van der Waals surface area contributed by atoms with Crippen LogP contribution >= 0.6 is 0 Å². The monoisotopic (exact) mass is 1500 g/mol. The molecule has 0 aliphatic heterocycles. The fourth-order valence-electron chi connectivity index (χ4n) is 19.4. The molecule has 0 amide bonds. The highest BCUT2D eigenvalue weighted by Gasteiger charge is 2.22. The van der Waals surface area contributed by atoms with E-state index in [9.17, 15) is 0 Å². The summed E-state index contributed by atoms with van der Waals surface area (Å²) in [5, 5.41) is 25.5. The Balaban J connectivity index is 0.000000101. The summed E-state index contributed by atoms with van der Waals surface area (Å²) < 4.78 is 7.22. The van der Waals surface area contributed by atoms with Crippen molar-refractivity contribution in [3.8, 4) is 61.6 Å². The van der Waals surface area contributed by atoms with Gasteiger partial charge in [0.15, 0.2) is 0 Å². The summed E-state index contributed by atoms with van der Waals surface area (Å²) in [6, 6.07) is 152. The van der Waals surface area contributed by atoms with Crippen molar-refractivity contribution >= 4 is 174 Å². The molecule has 26 aromatic rings. The van der Waals surface area contributed by atoms with E-state index in [2.05, 4.69) is 447 Å². The molecule has 118 heavy (non-hydrogen) atoms. The van der Waals surface area contributed by atoms with Crippen molar-refractivity contribution in [2.45, 2.75) is 0 Å². The van der Waals surface area contributed by atoms with E-state index in [1.807, 2.05) is 0 Å². The minimum absolute atomic E-state index is 1.16. The average molecular weight is 1500 g/mol. The number of nitrogens with one attached hydrogen (secondary N) is 3. The standard InChI is InChI=1S/C40H26N2.C38H24N2.C34H22N2/c1-2-10-26(11-3-1)27-18-21-29(22-19-27)42-38-17-9-7-13-31(38)32-23-20-28(24-39(32)42)35-25-37-40(33-14-5-4-12-30(33)35)34-15-6-8-16-36(34)41-37;1-2-10-25-21-27(19-17-24(25)9-1)40-36-16-8-6-12-29(36)30-20-18-26(22-37(30)40)33-23-35-38(31-13-4-3-11-28(31)33)32-14-5-7-15-34(32)39-35;1-2-10-23(11-3-1)36-32-17-9-7-13-25(32)26-19-18-22(20-33(26)36)29-21-31-34(27-14-5-4-12-24(27)29)28-15-6-8-16-30(28)35-31/h1-25,41H;1-23,39H;1-21,35H. The van der Waals surface area contributed by atoms with Gasteiger partial charge in [-0.1, -0.05) is 309 Å². The first-order valence-corrected chi connectivity index (χ1v) is 40.6. The molecule has 20 aromatic carbocycles.